The van der Waals surface area contributed by atoms with Gasteiger partial charge in [0.15, 0.2) is 5.11 Å². The van der Waals surface area contributed by atoms with Crippen molar-refractivity contribution in [2.75, 3.05) is 4.90 Å². The van der Waals surface area contributed by atoms with Crippen molar-refractivity contribution in [2.24, 2.45) is 0 Å². The molecule has 9 heteroatoms. The van der Waals surface area contributed by atoms with Crippen LogP contribution >= 0.6 is 23.8 Å². The van der Waals surface area contributed by atoms with Crippen molar-refractivity contribution in [3.8, 4) is 5.69 Å². The first-order valence-electron chi connectivity index (χ1n) is 9.43. The maximum absolute atomic E-state index is 13.3. The Hall–Kier alpha value is -3.75. The molecule has 160 valence electrons. The number of amides is 2. The number of hydrogen-bond acceptors (Lipinski definition) is 5. The van der Waals surface area contributed by atoms with Gasteiger partial charge in [0.2, 0.25) is 0 Å². The summed E-state index contributed by atoms with van der Waals surface area (Å²) >= 11 is 11.4. The molecule has 0 unspecified atom stereocenters. The van der Waals surface area contributed by atoms with E-state index in [1.165, 1.54) is 23.1 Å². The van der Waals surface area contributed by atoms with E-state index in [2.05, 4.69) is 5.32 Å². The van der Waals surface area contributed by atoms with Crippen LogP contribution in [0.15, 0.2) is 66.4 Å². The minimum atomic E-state index is -1.30. The Kier molecular flexibility index (Phi) is 5.65. The van der Waals surface area contributed by atoms with E-state index in [-0.39, 0.29) is 16.2 Å². The summed E-state index contributed by atoms with van der Waals surface area (Å²) in [6.07, 6.45) is 3.12. The van der Waals surface area contributed by atoms with Gasteiger partial charge in [-0.1, -0.05) is 29.8 Å². The molecule has 1 N–H and O–H groups in total. The minimum absolute atomic E-state index is 0.00856. The van der Waals surface area contributed by atoms with Gasteiger partial charge in [0.25, 0.3) is 11.8 Å². The average molecular weight is 465 g/mol. The second kappa shape index (κ2) is 8.41. The smallest absolute Gasteiger partial charge is 0.270 e. The first kappa shape index (κ1) is 21.5. The van der Waals surface area contributed by atoms with Crippen LogP contribution in [-0.2, 0) is 9.59 Å². The number of nitrogens with zero attached hydrogens (tertiary/aromatic N) is 2. The van der Waals surface area contributed by atoms with E-state index in [0.29, 0.717) is 27.7 Å². The van der Waals surface area contributed by atoms with Gasteiger partial charge in [-0.05, 0) is 72.7 Å². The zero-order chi connectivity index (χ0) is 23.0. The molecule has 4 rings (SSSR count). The fourth-order valence-corrected chi connectivity index (χ4v) is 3.84. The largest absolute Gasteiger partial charge is 0.545 e. The monoisotopic (exact) mass is 464 g/mol. The third kappa shape index (κ3) is 3.81. The van der Waals surface area contributed by atoms with Crippen molar-refractivity contribution in [1.29, 1.82) is 0 Å². The van der Waals surface area contributed by atoms with Crippen molar-refractivity contribution in [3.63, 3.8) is 0 Å². The molecule has 1 fully saturated rings. The Balaban J connectivity index is 1.77. The number of aromatic carboxylic acids is 1. The predicted octanol–water partition coefficient (Wildman–Crippen LogP) is 2.63. The highest BCUT2D eigenvalue weighted by atomic mass is 35.5. The topological polar surface area (TPSA) is 94.5 Å². The van der Waals surface area contributed by atoms with Crippen LogP contribution in [0.25, 0.3) is 11.8 Å². The molecule has 32 heavy (non-hydrogen) atoms. The van der Waals surface area contributed by atoms with E-state index < -0.39 is 17.8 Å². The first-order valence-corrected chi connectivity index (χ1v) is 10.2. The zero-order valence-electron chi connectivity index (χ0n) is 16.7. The highest BCUT2D eigenvalue weighted by Gasteiger charge is 2.35. The molecule has 0 atom stereocenters. The number of anilines is 1. The SMILES string of the molecule is Cc1c(Cl)cccc1N1C(=O)/C(=C/c2cccn2-c2cccc(C(=O)[O-])c2)C(=O)NC1=S. The molecule has 1 aliphatic heterocycles. The third-order valence-electron chi connectivity index (χ3n) is 5.01. The molecule has 0 radical (unpaired) electrons. The Morgan fingerprint density at radius 1 is 1.12 bits per heavy atom. The Labute approximate surface area is 193 Å². The molecule has 0 aliphatic carbocycles. The summed E-state index contributed by atoms with van der Waals surface area (Å²) in [6, 6.07) is 14.6. The summed E-state index contributed by atoms with van der Waals surface area (Å²) in [4.78, 5) is 38.4. The van der Waals surface area contributed by atoms with Crippen molar-refractivity contribution in [3.05, 3.63) is 88.2 Å². The van der Waals surface area contributed by atoms with Crippen LogP contribution in [0.3, 0.4) is 0 Å². The van der Waals surface area contributed by atoms with Gasteiger partial charge in [0.05, 0.1) is 11.7 Å². The third-order valence-corrected chi connectivity index (χ3v) is 5.71. The number of aromatic nitrogens is 1. The highest BCUT2D eigenvalue weighted by Crippen LogP contribution is 2.30. The lowest BCUT2D eigenvalue weighted by Gasteiger charge is -2.30. The number of rotatable bonds is 4. The van der Waals surface area contributed by atoms with Crippen molar-refractivity contribution in [1.82, 2.24) is 9.88 Å². The molecule has 2 amide bonds. The normalized spacial score (nSPS) is 15.2. The minimum Gasteiger partial charge on any atom is -0.545 e. The number of hydrogen-bond donors (Lipinski definition) is 1. The van der Waals surface area contributed by atoms with Crippen LogP contribution in [0.1, 0.15) is 21.6 Å². The van der Waals surface area contributed by atoms with Gasteiger partial charge in [-0.25, -0.2) is 0 Å². The molecular weight excluding hydrogens is 450 g/mol. The Morgan fingerprint density at radius 3 is 2.62 bits per heavy atom. The maximum Gasteiger partial charge on any atom is 0.270 e. The molecule has 0 bridgehead atoms. The van der Waals surface area contributed by atoms with E-state index in [0.717, 1.165) is 0 Å². The van der Waals surface area contributed by atoms with E-state index in [9.17, 15) is 19.5 Å². The van der Waals surface area contributed by atoms with Crippen LogP contribution in [0.4, 0.5) is 5.69 Å². The fourth-order valence-electron chi connectivity index (χ4n) is 3.39. The average Bonchev–Trinajstić information content (AvgIpc) is 3.22. The highest BCUT2D eigenvalue weighted by molar-refractivity contribution is 7.80. The van der Waals surface area contributed by atoms with Crippen LogP contribution in [0.2, 0.25) is 5.02 Å². The summed E-state index contributed by atoms with van der Waals surface area (Å²) in [6.45, 7) is 1.75. The molecule has 1 saturated heterocycles. The summed E-state index contributed by atoms with van der Waals surface area (Å²) in [7, 11) is 0. The van der Waals surface area contributed by atoms with Crippen LogP contribution < -0.4 is 15.3 Å². The van der Waals surface area contributed by atoms with Crippen molar-refractivity contribution < 1.29 is 19.5 Å². The fraction of sp³-hybridized carbons (Fsp3) is 0.0435. The van der Waals surface area contributed by atoms with Crippen LogP contribution in [0.5, 0.6) is 0 Å². The van der Waals surface area contributed by atoms with Gasteiger partial charge in [-0.15, -0.1) is 0 Å². The van der Waals surface area contributed by atoms with Crippen molar-refractivity contribution in [2.45, 2.75) is 6.92 Å². The molecule has 2 heterocycles. The number of carbonyl (C=O) groups is 3. The van der Waals surface area contributed by atoms with Gasteiger partial charge in [-0.2, -0.15) is 0 Å². The van der Waals surface area contributed by atoms with E-state index in [4.69, 9.17) is 23.8 Å². The molecular formula is C23H15ClN3O4S-. The molecule has 0 spiro atoms. The number of thiocarbonyl (C=S) groups is 1. The van der Waals surface area contributed by atoms with Gasteiger partial charge < -0.3 is 14.5 Å². The number of nitrogens with one attached hydrogen (secondary N) is 1. The van der Waals surface area contributed by atoms with Gasteiger partial charge in [-0.3, -0.25) is 19.8 Å². The van der Waals surface area contributed by atoms with E-state index in [1.54, 1.807) is 60.2 Å². The summed E-state index contributed by atoms with van der Waals surface area (Å²) in [5, 5.41) is 14.2. The molecule has 2 aromatic carbocycles. The maximum atomic E-state index is 13.3. The second-order valence-electron chi connectivity index (χ2n) is 6.98. The second-order valence-corrected chi connectivity index (χ2v) is 7.78. The standard InChI is InChI=1S/C23H16ClN3O4S/c1-13-18(24)8-3-9-19(13)27-21(29)17(20(28)25-23(27)32)12-16-7-4-10-26(16)15-6-2-5-14(11-15)22(30)31/h2-12H,1H3,(H,30,31)(H,25,28,32)/p-1/b17-12+. The summed E-state index contributed by atoms with van der Waals surface area (Å²) < 4.78 is 1.65. The molecule has 7 nitrogen and oxygen atoms in total. The Bertz CT molecular complexity index is 1330. The Morgan fingerprint density at radius 2 is 1.88 bits per heavy atom. The quantitative estimate of drug-likeness (QED) is 0.364. The lowest BCUT2D eigenvalue weighted by atomic mass is 10.1. The van der Waals surface area contributed by atoms with Gasteiger partial charge >= 0.3 is 0 Å². The predicted molar refractivity (Wildman–Crippen MR) is 122 cm³/mol. The number of halogens is 1. The van der Waals surface area contributed by atoms with E-state index >= 15 is 0 Å². The number of carboxylic acids is 1. The van der Waals surface area contributed by atoms with Gasteiger partial charge in [0.1, 0.15) is 5.57 Å². The molecule has 1 aromatic heterocycles. The van der Waals surface area contributed by atoms with Crippen LogP contribution in [0, 0.1) is 6.92 Å². The van der Waals surface area contributed by atoms with Crippen LogP contribution in [-0.4, -0.2) is 27.5 Å². The number of benzene rings is 2. The summed E-state index contributed by atoms with van der Waals surface area (Å²) in [5.74, 6) is -2.53. The molecule has 0 saturated carbocycles. The molecule has 3 aromatic rings. The summed E-state index contributed by atoms with van der Waals surface area (Å²) in [5.41, 5.74) is 2.02. The van der Waals surface area contributed by atoms with Gasteiger partial charge in [0, 0.05) is 22.6 Å². The lowest BCUT2D eigenvalue weighted by Crippen LogP contribution is -2.54. The number of carbonyl (C=O) groups excluding carboxylic acids is 3. The molecule has 1 aliphatic rings. The van der Waals surface area contributed by atoms with E-state index in [1.807, 2.05) is 0 Å². The lowest BCUT2D eigenvalue weighted by molar-refractivity contribution is -0.255. The van der Waals surface area contributed by atoms with Crippen molar-refractivity contribution >= 4 is 58.5 Å². The number of carboxylic acid groups (broad SMARTS) is 1. The first-order chi connectivity index (χ1) is 15.3. The zero-order valence-corrected chi connectivity index (χ0v) is 18.2.